The normalized spacial score (nSPS) is 16.0. The number of aromatic amines is 1. The SMILES string of the molecule is S=c1[nH]nc(-c2ccsc2)n1C1CC1. The van der Waals surface area contributed by atoms with Crippen LogP contribution in [0.3, 0.4) is 0 Å². The van der Waals surface area contributed by atoms with E-state index >= 15 is 0 Å². The number of rotatable bonds is 2. The summed E-state index contributed by atoms with van der Waals surface area (Å²) in [4.78, 5) is 0. The van der Waals surface area contributed by atoms with Gasteiger partial charge in [0.1, 0.15) is 0 Å². The summed E-state index contributed by atoms with van der Waals surface area (Å²) in [6, 6.07) is 2.66. The molecule has 1 N–H and O–H groups in total. The lowest BCUT2D eigenvalue weighted by Crippen LogP contribution is -1.96. The van der Waals surface area contributed by atoms with E-state index in [1.165, 1.54) is 12.8 Å². The predicted molar refractivity (Wildman–Crippen MR) is 59.0 cm³/mol. The van der Waals surface area contributed by atoms with E-state index in [-0.39, 0.29) is 0 Å². The first-order chi connectivity index (χ1) is 6.86. The monoisotopic (exact) mass is 223 g/mol. The third kappa shape index (κ3) is 1.24. The summed E-state index contributed by atoms with van der Waals surface area (Å²) >= 11 is 6.89. The molecule has 1 saturated carbocycles. The van der Waals surface area contributed by atoms with E-state index in [0.717, 1.165) is 16.2 Å². The molecule has 0 bridgehead atoms. The molecule has 0 unspecified atom stereocenters. The van der Waals surface area contributed by atoms with E-state index in [2.05, 4.69) is 31.6 Å². The second-order valence-corrected chi connectivity index (χ2v) is 4.63. The van der Waals surface area contributed by atoms with Crippen LogP contribution in [0.5, 0.6) is 0 Å². The zero-order chi connectivity index (χ0) is 9.54. The van der Waals surface area contributed by atoms with Crippen LogP contribution in [0.4, 0.5) is 0 Å². The van der Waals surface area contributed by atoms with Crippen LogP contribution in [0.15, 0.2) is 16.8 Å². The van der Waals surface area contributed by atoms with Gasteiger partial charge < -0.3 is 0 Å². The van der Waals surface area contributed by atoms with Crippen LogP contribution < -0.4 is 0 Å². The molecular formula is C9H9N3S2. The van der Waals surface area contributed by atoms with Crippen molar-refractivity contribution < 1.29 is 0 Å². The summed E-state index contributed by atoms with van der Waals surface area (Å²) < 4.78 is 2.88. The fourth-order valence-corrected chi connectivity index (χ4v) is 2.49. The number of nitrogens with zero attached hydrogens (tertiary/aromatic N) is 2. The van der Waals surface area contributed by atoms with E-state index in [9.17, 15) is 0 Å². The van der Waals surface area contributed by atoms with Gasteiger partial charge in [0.2, 0.25) is 0 Å². The van der Waals surface area contributed by atoms with Gasteiger partial charge in [0.05, 0.1) is 0 Å². The number of hydrogen-bond acceptors (Lipinski definition) is 3. The van der Waals surface area contributed by atoms with Crippen molar-refractivity contribution >= 4 is 23.6 Å². The molecule has 0 amide bonds. The van der Waals surface area contributed by atoms with Gasteiger partial charge in [-0.1, -0.05) is 0 Å². The number of nitrogens with one attached hydrogen (secondary N) is 1. The van der Waals surface area contributed by atoms with Gasteiger partial charge in [-0.25, -0.2) is 0 Å². The van der Waals surface area contributed by atoms with E-state index in [4.69, 9.17) is 12.2 Å². The molecule has 0 atom stereocenters. The summed E-state index contributed by atoms with van der Waals surface area (Å²) in [6.07, 6.45) is 2.45. The van der Waals surface area contributed by atoms with Crippen molar-refractivity contribution in [2.24, 2.45) is 0 Å². The van der Waals surface area contributed by atoms with Crippen LogP contribution in [0.1, 0.15) is 18.9 Å². The number of H-pyrrole nitrogens is 1. The summed E-state index contributed by atoms with van der Waals surface area (Å²) in [6.45, 7) is 0. The fourth-order valence-electron chi connectivity index (χ4n) is 1.57. The van der Waals surface area contributed by atoms with Crippen molar-refractivity contribution in [1.82, 2.24) is 14.8 Å². The Morgan fingerprint density at radius 1 is 1.57 bits per heavy atom. The molecule has 0 radical (unpaired) electrons. The number of aromatic nitrogens is 3. The topological polar surface area (TPSA) is 33.6 Å². The molecule has 0 aromatic carbocycles. The summed E-state index contributed by atoms with van der Waals surface area (Å²) in [5, 5.41) is 11.3. The Morgan fingerprint density at radius 3 is 3.07 bits per heavy atom. The van der Waals surface area contributed by atoms with Crippen LogP contribution in [0.25, 0.3) is 11.4 Å². The molecule has 3 nitrogen and oxygen atoms in total. The quantitative estimate of drug-likeness (QED) is 0.794. The third-order valence-corrected chi connectivity index (χ3v) is 3.37. The average molecular weight is 223 g/mol. The molecule has 1 aliphatic carbocycles. The van der Waals surface area contributed by atoms with Gasteiger partial charge >= 0.3 is 0 Å². The lowest BCUT2D eigenvalue weighted by Gasteiger charge is -2.01. The van der Waals surface area contributed by atoms with Crippen molar-refractivity contribution in [2.75, 3.05) is 0 Å². The highest BCUT2D eigenvalue weighted by Crippen LogP contribution is 2.38. The Bertz CT molecular complexity index is 490. The van der Waals surface area contributed by atoms with Crippen molar-refractivity contribution in [3.05, 3.63) is 21.6 Å². The molecule has 3 rings (SSSR count). The van der Waals surface area contributed by atoms with E-state index in [0.29, 0.717) is 6.04 Å². The zero-order valence-corrected chi connectivity index (χ0v) is 9.07. The van der Waals surface area contributed by atoms with Crippen molar-refractivity contribution in [3.8, 4) is 11.4 Å². The number of hydrogen-bond donors (Lipinski definition) is 1. The summed E-state index contributed by atoms with van der Waals surface area (Å²) in [5.74, 6) is 0.985. The fraction of sp³-hybridized carbons (Fsp3) is 0.333. The highest BCUT2D eigenvalue weighted by molar-refractivity contribution is 7.71. The lowest BCUT2D eigenvalue weighted by atomic mass is 10.3. The van der Waals surface area contributed by atoms with Crippen molar-refractivity contribution in [2.45, 2.75) is 18.9 Å². The van der Waals surface area contributed by atoms with Gasteiger partial charge in [0.15, 0.2) is 10.6 Å². The van der Waals surface area contributed by atoms with Gasteiger partial charge in [-0.05, 0) is 36.5 Å². The van der Waals surface area contributed by atoms with Gasteiger partial charge in [0.25, 0.3) is 0 Å². The largest absolute Gasteiger partial charge is 0.297 e. The maximum Gasteiger partial charge on any atom is 0.195 e. The Hall–Kier alpha value is -0.940. The van der Waals surface area contributed by atoms with Crippen LogP contribution in [0, 0.1) is 4.77 Å². The van der Waals surface area contributed by atoms with Crippen LogP contribution in [-0.4, -0.2) is 14.8 Å². The second kappa shape index (κ2) is 3.03. The lowest BCUT2D eigenvalue weighted by molar-refractivity contribution is 0.735. The first-order valence-corrected chi connectivity index (χ1v) is 5.91. The molecule has 72 valence electrons. The van der Waals surface area contributed by atoms with Crippen molar-refractivity contribution in [1.29, 1.82) is 0 Å². The maximum atomic E-state index is 5.21. The van der Waals surface area contributed by atoms with Gasteiger partial charge in [-0.2, -0.15) is 16.4 Å². The highest BCUT2D eigenvalue weighted by atomic mass is 32.1. The molecule has 1 aliphatic rings. The first kappa shape index (κ1) is 8.38. The minimum Gasteiger partial charge on any atom is -0.297 e. The molecule has 2 aromatic heterocycles. The minimum atomic E-state index is 0.580. The Balaban J connectivity index is 2.18. The van der Waals surface area contributed by atoms with E-state index in [1.807, 2.05) is 0 Å². The average Bonchev–Trinajstić information content (AvgIpc) is 2.75. The molecule has 2 aromatic rings. The van der Waals surface area contributed by atoms with Crippen LogP contribution in [0.2, 0.25) is 0 Å². The molecular weight excluding hydrogens is 214 g/mol. The molecule has 14 heavy (non-hydrogen) atoms. The molecule has 0 spiro atoms. The highest BCUT2D eigenvalue weighted by Gasteiger charge is 2.27. The number of thiophene rings is 1. The Labute approximate surface area is 90.4 Å². The molecule has 1 fully saturated rings. The summed E-state index contributed by atoms with van der Waals surface area (Å²) in [7, 11) is 0. The third-order valence-electron chi connectivity index (χ3n) is 2.40. The Morgan fingerprint density at radius 2 is 2.43 bits per heavy atom. The van der Waals surface area contributed by atoms with Gasteiger partial charge in [-0.15, -0.1) is 0 Å². The van der Waals surface area contributed by atoms with Gasteiger partial charge in [0, 0.05) is 17.0 Å². The molecule has 5 heteroatoms. The minimum absolute atomic E-state index is 0.580. The Kier molecular flexibility index (Phi) is 1.81. The van der Waals surface area contributed by atoms with E-state index < -0.39 is 0 Å². The predicted octanol–water partition coefficient (Wildman–Crippen LogP) is 3.00. The second-order valence-electron chi connectivity index (χ2n) is 3.47. The molecule has 2 heterocycles. The summed E-state index contributed by atoms with van der Waals surface area (Å²) in [5.41, 5.74) is 1.16. The molecule has 0 saturated heterocycles. The molecule has 0 aliphatic heterocycles. The van der Waals surface area contributed by atoms with Gasteiger partial charge in [-0.3, -0.25) is 9.67 Å². The van der Waals surface area contributed by atoms with Crippen LogP contribution in [-0.2, 0) is 0 Å². The van der Waals surface area contributed by atoms with Crippen molar-refractivity contribution in [3.63, 3.8) is 0 Å². The van der Waals surface area contributed by atoms with Crippen LogP contribution >= 0.6 is 23.6 Å². The maximum absolute atomic E-state index is 5.21. The van der Waals surface area contributed by atoms with E-state index in [1.54, 1.807) is 11.3 Å². The zero-order valence-electron chi connectivity index (χ0n) is 7.43. The standard InChI is InChI=1S/C9H9N3S2/c13-9-11-10-8(6-3-4-14-5-6)12(9)7-1-2-7/h3-5,7H,1-2H2,(H,11,13). The first-order valence-electron chi connectivity index (χ1n) is 4.56. The smallest absolute Gasteiger partial charge is 0.195 e.